The second kappa shape index (κ2) is 8.56. The molecule has 2 atom stereocenters. The van der Waals surface area contributed by atoms with Gasteiger partial charge in [-0.2, -0.15) is 0 Å². The van der Waals surface area contributed by atoms with Crippen LogP contribution in [0.5, 0.6) is 11.5 Å². The van der Waals surface area contributed by atoms with Gasteiger partial charge in [-0.05, 0) is 37.1 Å². The number of para-hydroxylation sites is 1. The molecule has 2 unspecified atom stereocenters. The molecule has 0 spiro atoms. The van der Waals surface area contributed by atoms with Crippen LogP contribution in [0.4, 0.5) is 0 Å². The van der Waals surface area contributed by atoms with Crippen LogP contribution < -0.4 is 14.8 Å². The minimum Gasteiger partial charge on any atom is -0.497 e. The first kappa shape index (κ1) is 17.3. The summed E-state index contributed by atoms with van der Waals surface area (Å²) in [5.41, 5.74) is 2.04. The fraction of sp³-hybridized carbons (Fsp3) is 0.368. The van der Waals surface area contributed by atoms with Crippen molar-refractivity contribution in [1.29, 1.82) is 0 Å². The van der Waals surface area contributed by atoms with Crippen molar-refractivity contribution in [2.45, 2.75) is 25.5 Å². The molecule has 2 N–H and O–H groups in total. The van der Waals surface area contributed by atoms with Crippen LogP contribution in [-0.4, -0.2) is 31.9 Å². The monoisotopic (exact) mass is 315 g/mol. The number of aliphatic hydroxyl groups excluding tert-OH is 1. The SMILES string of the molecule is COc1ccc(CC(C)NCC(O)c2ccccc2OC)cc1. The Labute approximate surface area is 138 Å². The van der Waals surface area contributed by atoms with Gasteiger partial charge in [0, 0.05) is 18.2 Å². The maximum Gasteiger partial charge on any atom is 0.124 e. The van der Waals surface area contributed by atoms with E-state index >= 15 is 0 Å². The van der Waals surface area contributed by atoms with Gasteiger partial charge in [0.25, 0.3) is 0 Å². The highest BCUT2D eigenvalue weighted by atomic mass is 16.5. The molecule has 0 aromatic heterocycles. The van der Waals surface area contributed by atoms with Gasteiger partial charge in [-0.25, -0.2) is 0 Å². The predicted octanol–water partition coefficient (Wildman–Crippen LogP) is 2.96. The van der Waals surface area contributed by atoms with E-state index in [1.807, 2.05) is 36.4 Å². The van der Waals surface area contributed by atoms with Crippen molar-refractivity contribution in [1.82, 2.24) is 5.32 Å². The lowest BCUT2D eigenvalue weighted by molar-refractivity contribution is 0.166. The maximum absolute atomic E-state index is 10.4. The van der Waals surface area contributed by atoms with Gasteiger partial charge >= 0.3 is 0 Å². The predicted molar refractivity (Wildman–Crippen MR) is 92.1 cm³/mol. The molecule has 0 aliphatic rings. The van der Waals surface area contributed by atoms with Gasteiger partial charge in [0.15, 0.2) is 0 Å². The van der Waals surface area contributed by atoms with E-state index in [0.29, 0.717) is 12.3 Å². The topological polar surface area (TPSA) is 50.7 Å². The first-order valence-corrected chi connectivity index (χ1v) is 7.81. The van der Waals surface area contributed by atoms with Crippen LogP contribution in [-0.2, 0) is 6.42 Å². The summed E-state index contributed by atoms with van der Waals surface area (Å²) >= 11 is 0. The Hall–Kier alpha value is -2.04. The molecule has 0 radical (unpaired) electrons. The first-order chi connectivity index (χ1) is 11.1. The smallest absolute Gasteiger partial charge is 0.124 e. The summed E-state index contributed by atoms with van der Waals surface area (Å²) in [6.45, 7) is 2.59. The number of aliphatic hydroxyl groups is 1. The van der Waals surface area contributed by atoms with Crippen LogP contribution in [0.1, 0.15) is 24.2 Å². The van der Waals surface area contributed by atoms with Gasteiger partial charge in [0.1, 0.15) is 11.5 Å². The van der Waals surface area contributed by atoms with Crippen LogP contribution >= 0.6 is 0 Å². The van der Waals surface area contributed by atoms with Crippen molar-refractivity contribution in [3.05, 3.63) is 59.7 Å². The molecule has 2 aromatic rings. The van der Waals surface area contributed by atoms with Gasteiger partial charge in [0.2, 0.25) is 0 Å². The minimum absolute atomic E-state index is 0.257. The molecular formula is C19H25NO3. The number of methoxy groups -OCH3 is 2. The summed E-state index contributed by atoms with van der Waals surface area (Å²) in [4.78, 5) is 0. The quantitative estimate of drug-likeness (QED) is 0.786. The molecule has 0 saturated carbocycles. The summed E-state index contributed by atoms with van der Waals surface area (Å²) in [5, 5.41) is 13.7. The summed E-state index contributed by atoms with van der Waals surface area (Å²) in [7, 11) is 3.28. The van der Waals surface area contributed by atoms with E-state index in [0.717, 1.165) is 17.7 Å². The Morgan fingerprint density at radius 3 is 2.35 bits per heavy atom. The highest BCUT2D eigenvalue weighted by molar-refractivity contribution is 5.35. The summed E-state index contributed by atoms with van der Waals surface area (Å²) in [5.74, 6) is 1.57. The molecule has 4 heteroatoms. The van der Waals surface area contributed by atoms with Crippen molar-refractivity contribution >= 4 is 0 Å². The average molecular weight is 315 g/mol. The lowest BCUT2D eigenvalue weighted by atomic mass is 10.1. The Morgan fingerprint density at radius 1 is 1.00 bits per heavy atom. The number of hydrogen-bond acceptors (Lipinski definition) is 4. The number of benzene rings is 2. The van der Waals surface area contributed by atoms with Gasteiger partial charge < -0.3 is 19.9 Å². The standard InChI is InChI=1S/C19H25NO3/c1-14(12-15-8-10-16(22-2)11-9-15)20-13-18(21)17-6-4-5-7-19(17)23-3/h4-11,14,18,20-21H,12-13H2,1-3H3. The highest BCUT2D eigenvalue weighted by Crippen LogP contribution is 2.24. The number of rotatable bonds is 8. The lowest BCUT2D eigenvalue weighted by Crippen LogP contribution is -2.32. The van der Waals surface area contributed by atoms with Gasteiger partial charge in [-0.1, -0.05) is 30.3 Å². The normalized spacial score (nSPS) is 13.4. The molecule has 2 rings (SSSR count). The molecule has 0 heterocycles. The molecule has 0 amide bonds. The van der Waals surface area contributed by atoms with Crippen LogP contribution in [0.25, 0.3) is 0 Å². The van der Waals surface area contributed by atoms with Crippen molar-refractivity contribution < 1.29 is 14.6 Å². The summed E-state index contributed by atoms with van der Waals surface area (Å²) in [6, 6.07) is 15.9. The van der Waals surface area contributed by atoms with E-state index < -0.39 is 6.10 Å². The first-order valence-electron chi connectivity index (χ1n) is 7.81. The van der Waals surface area contributed by atoms with Crippen LogP contribution in [0, 0.1) is 0 Å². The Bertz CT molecular complexity index is 598. The van der Waals surface area contributed by atoms with Gasteiger partial charge in [-0.15, -0.1) is 0 Å². The average Bonchev–Trinajstić information content (AvgIpc) is 2.60. The third-order valence-corrected chi connectivity index (χ3v) is 3.86. The summed E-state index contributed by atoms with van der Waals surface area (Å²) in [6.07, 6.45) is 0.298. The van der Waals surface area contributed by atoms with Crippen molar-refractivity contribution in [3.63, 3.8) is 0 Å². The maximum atomic E-state index is 10.4. The zero-order chi connectivity index (χ0) is 16.7. The molecular weight excluding hydrogens is 290 g/mol. The molecule has 0 aliphatic heterocycles. The largest absolute Gasteiger partial charge is 0.497 e. The van der Waals surface area contributed by atoms with Crippen molar-refractivity contribution in [2.24, 2.45) is 0 Å². The second-order valence-electron chi connectivity index (χ2n) is 5.62. The fourth-order valence-corrected chi connectivity index (χ4v) is 2.55. The molecule has 0 saturated heterocycles. The zero-order valence-electron chi connectivity index (χ0n) is 14.0. The lowest BCUT2D eigenvalue weighted by Gasteiger charge is -2.19. The van der Waals surface area contributed by atoms with E-state index in [2.05, 4.69) is 24.4 Å². The van der Waals surface area contributed by atoms with E-state index in [-0.39, 0.29) is 6.04 Å². The second-order valence-corrected chi connectivity index (χ2v) is 5.62. The third-order valence-electron chi connectivity index (χ3n) is 3.86. The molecule has 23 heavy (non-hydrogen) atoms. The Morgan fingerprint density at radius 2 is 1.70 bits per heavy atom. The van der Waals surface area contributed by atoms with E-state index in [9.17, 15) is 5.11 Å². The molecule has 2 aromatic carbocycles. The summed E-state index contributed by atoms with van der Waals surface area (Å²) < 4.78 is 10.5. The fourth-order valence-electron chi connectivity index (χ4n) is 2.55. The molecule has 0 bridgehead atoms. The van der Waals surface area contributed by atoms with E-state index in [1.165, 1.54) is 5.56 Å². The molecule has 0 aliphatic carbocycles. The van der Waals surface area contributed by atoms with Gasteiger partial charge in [0.05, 0.1) is 20.3 Å². The Balaban J connectivity index is 1.86. The molecule has 0 fully saturated rings. The van der Waals surface area contributed by atoms with E-state index in [1.54, 1.807) is 14.2 Å². The molecule has 124 valence electrons. The number of ether oxygens (including phenoxy) is 2. The van der Waals surface area contributed by atoms with Crippen molar-refractivity contribution in [3.8, 4) is 11.5 Å². The number of hydrogen-bond donors (Lipinski definition) is 2. The van der Waals surface area contributed by atoms with E-state index in [4.69, 9.17) is 9.47 Å². The van der Waals surface area contributed by atoms with Crippen LogP contribution in [0.2, 0.25) is 0 Å². The highest BCUT2D eigenvalue weighted by Gasteiger charge is 2.13. The van der Waals surface area contributed by atoms with Gasteiger partial charge in [-0.3, -0.25) is 0 Å². The van der Waals surface area contributed by atoms with Crippen LogP contribution in [0.15, 0.2) is 48.5 Å². The Kier molecular flexibility index (Phi) is 6.44. The minimum atomic E-state index is -0.593. The third kappa shape index (κ3) is 4.98. The number of nitrogens with one attached hydrogen (secondary N) is 1. The zero-order valence-corrected chi connectivity index (χ0v) is 14.0. The van der Waals surface area contributed by atoms with Crippen LogP contribution in [0.3, 0.4) is 0 Å². The molecule has 4 nitrogen and oxygen atoms in total. The van der Waals surface area contributed by atoms with Crippen molar-refractivity contribution in [2.75, 3.05) is 20.8 Å².